The van der Waals surface area contributed by atoms with Crippen LogP contribution in [0.3, 0.4) is 0 Å². The van der Waals surface area contributed by atoms with E-state index in [1.807, 2.05) is 12.1 Å². The first kappa shape index (κ1) is 16.0. The van der Waals surface area contributed by atoms with Gasteiger partial charge in [0.05, 0.1) is 7.11 Å². The van der Waals surface area contributed by atoms with Crippen LogP contribution >= 0.6 is 0 Å². The molecule has 0 aliphatic rings. The quantitative estimate of drug-likeness (QED) is 0.784. The molecule has 2 N–H and O–H groups in total. The topological polar surface area (TPSA) is 38.5 Å². The second kappa shape index (κ2) is 8.18. The van der Waals surface area contributed by atoms with Gasteiger partial charge in [-0.05, 0) is 58.3 Å². The first-order valence-electron chi connectivity index (χ1n) is 7.12. The predicted octanol–water partition coefficient (Wildman–Crippen LogP) is 2.69. The summed E-state index contributed by atoms with van der Waals surface area (Å²) in [5, 5.41) is 0. The molecule has 0 heterocycles. The molecular weight excluding hydrogens is 236 g/mol. The zero-order chi connectivity index (χ0) is 14.3. The SMILES string of the molecule is COc1ccccc1CC(C)N(C)CCCC(C)N. The highest BCUT2D eigenvalue weighted by atomic mass is 16.5. The van der Waals surface area contributed by atoms with Gasteiger partial charge in [-0.1, -0.05) is 18.2 Å². The molecule has 1 aromatic rings. The van der Waals surface area contributed by atoms with Crippen LogP contribution in [0.1, 0.15) is 32.3 Å². The van der Waals surface area contributed by atoms with Gasteiger partial charge in [-0.3, -0.25) is 0 Å². The summed E-state index contributed by atoms with van der Waals surface area (Å²) >= 11 is 0. The van der Waals surface area contributed by atoms with Crippen molar-refractivity contribution in [3.05, 3.63) is 29.8 Å². The van der Waals surface area contributed by atoms with Crippen molar-refractivity contribution in [1.29, 1.82) is 0 Å². The maximum Gasteiger partial charge on any atom is 0.122 e. The first-order valence-corrected chi connectivity index (χ1v) is 7.12. The summed E-state index contributed by atoms with van der Waals surface area (Å²) < 4.78 is 5.40. The fraction of sp³-hybridized carbons (Fsp3) is 0.625. The number of para-hydroxylation sites is 1. The molecule has 19 heavy (non-hydrogen) atoms. The van der Waals surface area contributed by atoms with E-state index < -0.39 is 0 Å². The molecule has 1 rings (SSSR count). The number of likely N-dealkylation sites (N-methyl/N-ethyl adjacent to an activating group) is 1. The van der Waals surface area contributed by atoms with Crippen LogP contribution < -0.4 is 10.5 Å². The fourth-order valence-corrected chi connectivity index (χ4v) is 2.23. The van der Waals surface area contributed by atoms with Crippen LogP contribution in [0.5, 0.6) is 5.75 Å². The van der Waals surface area contributed by atoms with Crippen LogP contribution in [0.4, 0.5) is 0 Å². The lowest BCUT2D eigenvalue weighted by Gasteiger charge is -2.25. The zero-order valence-corrected chi connectivity index (χ0v) is 12.7. The smallest absolute Gasteiger partial charge is 0.122 e. The molecule has 108 valence electrons. The van der Waals surface area contributed by atoms with E-state index in [4.69, 9.17) is 10.5 Å². The molecule has 0 spiro atoms. The highest BCUT2D eigenvalue weighted by molar-refractivity contribution is 5.33. The number of nitrogens with two attached hydrogens (primary N) is 1. The Labute approximate surface area is 117 Å². The van der Waals surface area contributed by atoms with Gasteiger partial charge in [-0.15, -0.1) is 0 Å². The van der Waals surface area contributed by atoms with Gasteiger partial charge in [0.2, 0.25) is 0 Å². The molecule has 0 amide bonds. The lowest BCUT2D eigenvalue weighted by atomic mass is 10.0. The molecule has 0 fully saturated rings. The van der Waals surface area contributed by atoms with E-state index in [9.17, 15) is 0 Å². The number of hydrogen-bond acceptors (Lipinski definition) is 3. The van der Waals surface area contributed by atoms with Gasteiger partial charge in [-0.2, -0.15) is 0 Å². The van der Waals surface area contributed by atoms with Crippen molar-refractivity contribution in [3.63, 3.8) is 0 Å². The molecular formula is C16H28N2O. The Kier molecular flexibility index (Phi) is 6.89. The van der Waals surface area contributed by atoms with E-state index in [1.54, 1.807) is 7.11 Å². The Balaban J connectivity index is 2.46. The first-order chi connectivity index (χ1) is 9.04. The highest BCUT2D eigenvalue weighted by Crippen LogP contribution is 2.20. The number of ether oxygens (including phenoxy) is 1. The molecule has 0 aromatic heterocycles. The highest BCUT2D eigenvalue weighted by Gasteiger charge is 2.12. The number of nitrogens with zero attached hydrogens (tertiary/aromatic N) is 1. The molecule has 0 aliphatic carbocycles. The summed E-state index contributed by atoms with van der Waals surface area (Å²) in [5.41, 5.74) is 7.06. The van der Waals surface area contributed by atoms with Crippen molar-refractivity contribution >= 4 is 0 Å². The lowest BCUT2D eigenvalue weighted by molar-refractivity contribution is 0.248. The van der Waals surface area contributed by atoms with Crippen molar-refractivity contribution in [2.24, 2.45) is 5.73 Å². The number of hydrogen-bond donors (Lipinski definition) is 1. The van der Waals surface area contributed by atoms with Crippen LogP contribution in [-0.2, 0) is 6.42 Å². The Bertz CT molecular complexity index is 366. The molecule has 0 saturated carbocycles. The minimum Gasteiger partial charge on any atom is -0.496 e. The maximum absolute atomic E-state index is 5.78. The Hall–Kier alpha value is -1.06. The van der Waals surface area contributed by atoms with Crippen molar-refractivity contribution in [1.82, 2.24) is 4.90 Å². The second-order valence-electron chi connectivity index (χ2n) is 5.47. The fourth-order valence-electron chi connectivity index (χ4n) is 2.23. The molecule has 0 bridgehead atoms. The van der Waals surface area contributed by atoms with Crippen molar-refractivity contribution in [2.45, 2.75) is 45.2 Å². The van der Waals surface area contributed by atoms with Gasteiger partial charge in [0.1, 0.15) is 5.75 Å². The Morgan fingerprint density at radius 1 is 1.26 bits per heavy atom. The van der Waals surface area contributed by atoms with Gasteiger partial charge < -0.3 is 15.4 Å². The average Bonchev–Trinajstić information content (AvgIpc) is 2.38. The summed E-state index contributed by atoms with van der Waals surface area (Å²) in [7, 11) is 3.91. The lowest BCUT2D eigenvalue weighted by Crippen LogP contribution is -2.32. The normalized spacial score (nSPS) is 14.4. The van der Waals surface area contributed by atoms with Crippen LogP contribution in [0.15, 0.2) is 24.3 Å². The molecule has 1 aromatic carbocycles. The zero-order valence-electron chi connectivity index (χ0n) is 12.7. The van der Waals surface area contributed by atoms with Crippen molar-refractivity contribution in [3.8, 4) is 5.75 Å². The third-order valence-electron chi connectivity index (χ3n) is 3.63. The molecule has 2 atom stereocenters. The van der Waals surface area contributed by atoms with Crippen LogP contribution in [-0.4, -0.2) is 37.7 Å². The second-order valence-corrected chi connectivity index (χ2v) is 5.47. The Morgan fingerprint density at radius 3 is 2.58 bits per heavy atom. The standard InChI is InChI=1S/C16H28N2O/c1-13(17)8-7-11-18(3)14(2)12-15-9-5-6-10-16(15)19-4/h5-6,9-10,13-14H,7-8,11-12,17H2,1-4H3. The van der Waals surface area contributed by atoms with E-state index in [0.717, 1.165) is 31.6 Å². The van der Waals surface area contributed by atoms with Gasteiger partial charge in [-0.25, -0.2) is 0 Å². The van der Waals surface area contributed by atoms with Gasteiger partial charge in [0, 0.05) is 12.1 Å². The van der Waals surface area contributed by atoms with Gasteiger partial charge in [0.15, 0.2) is 0 Å². The molecule has 0 aliphatic heterocycles. The molecule has 3 heteroatoms. The van der Waals surface area contributed by atoms with Gasteiger partial charge >= 0.3 is 0 Å². The van der Waals surface area contributed by atoms with E-state index in [1.165, 1.54) is 5.56 Å². The third-order valence-corrected chi connectivity index (χ3v) is 3.63. The minimum atomic E-state index is 0.304. The van der Waals surface area contributed by atoms with Crippen LogP contribution in [0.2, 0.25) is 0 Å². The van der Waals surface area contributed by atoms with Crippen molar-refractivity contribution in [2.75, 3.05) is 20.7 Å². The van der Waals surface area contributed by atoms with E-state index in [0.29, 0.717) is 12.1 Å². The average molecular weight is 264 g/mol. The molecule has 3 nitrogen and oxygen atoms in total. The van der Waals surface area contributed by atoms with E-state index in [-0.39, 0.29) is 0 Å². The summed E-state index contributed by atoms with van der Waals surface area (Å²) in [6.07, 6.45) is 3.26. The van der Waals surface area contributed by atoms with Crippen LogP contribution in [0, 0.1) is 0 Å². The monoisotopic (exact) mass is 264 g/mol. The maximum atomic E-state index is 5.78. The number of rotatable bonds is 8. The molecule has 2 unspecified atom stereocenters. The van der Waals surface area contributed by atoms with Crippen molar-refractivity contribution < 1.29 is 4.74 Å². The molecule has 0 saturated heterocycles. The summed E-state index contributed by atoms with van der Waals surface area (Å²) in [5.74, 6) is 0.985. The number of methoxy groups -OCH3 is 1. The predicted molar refractivity (Wildman–Crippen MR) is 81.7 cm³/mol. The summed E-state index contributed by atoms with van der Waals surface area (Å²) in [4.78, 5) is 2.40. The van der Waals surface area contributed by atoms with E-state index >= 15 is 0 Å². The summed E-state index contributed by atoms with van der Waals surface area (Å²) in [6.45, 7) is 5.43. The minimum absolute atomic E-state index is 0.304. The van der Waals surface area contributed by atoms with E-state index in [2.05, 4.69) is 37.9 Å². The summed E-state index contributed by atoms with van der Waals surface area (Å²) in [6, 6.07) is 9.06. The third kappa shape index (κ3) is 5.62. The Morgan fingerprint density at radius 2 is 1.95 bits per heavy atom. The van der Waals surface area contributed by atoms with Crippen LogP contribution in [0.25, 0.3) is 0 Å². The van der Waals surface area contributed by atoms with Gasteiger partial charge in [0.25, 0.3) is 0 Å². The largest absolute Gasteiger partial charge is 0.496 e. The molecule has 0 radical (unpaired) electrons. The number of benzene rings is 1.